The van der Waals surface area contributed by atoms with Crippen LogP contribution in [0.5, 0.6) is 11.5 Å². The number of benzene rings is 3. The largest absolute Gasteiger partial charge is 0.457 e. The number of rotatable bonds is 15. The van der Waals surface area contributed by atoms with Crippen LogP contribution in [0.2, 0.25) is 0 Å². The molecule has 0 unspecified atom stereocenters. The van der Waals surface area contributed by atoms with Gasteiger partial charge in [0, 0.05) is 55.3 Å². The molecule has 5 amide bonds. The van der Waals surface area contributed by atoms with E-state index in [1.165, 1.54) is 0 Å². The maximum Gasteiger partial charge on any atom is 0.324 e. The molecule has 1 fully saturated rings. The minimum Gasteiger partial charge on any atom is -0.457 e. The predicted molar refractivity (Wildman–Crippen MR) is 212 cm³/mol. The second-order valence-electron chi connectivity index (χ2n) is 13.4. The Morgan fingerprint density at radius 1 is 0.873 bits per heavy atom. The van der Waals surface area contributed by atoms with Crippen LogP contribution in [-0.2, 0) is 20.7 Å². The van der Waals surface area contributed by atoms with E-state index in [1.807, 2.05) is 61.5 Å². The summed E-state index contributed by atoms with van der Waals surface area (Å²) in [4.78, 5) is 44.7. The number of methoxy groups -OCH3 is 1. The second-order valence-corrected chi connectivity index (χ2v) is 13.4. The molecule has 1 saturated heterocycles. The van der Waals surface area contributed by atoms with Crippen molar-refractivity contribution in [2.24, 2.45) is 0 Å². The minimum atomic E-state index is -0.403. The van der Waals surface area contributed by atoms with E-state index in [0.29, 0.717) is 68.0 Å². The lowest BCUT2D eigenvalue weighted by Gasteiger charge is -2.32. The van der Waals surface area contributed by atoms with E-state index >= 15 is 0 Å². The zero-order valence-corrected chi connectivity index (χ0v) is 31.5. The van der Waals surface area contributed by atoms with Crippen LogP contribution in [0.15, 0.2) is 85.1 Å². The fraction of sp³-hybridized carbons (Fsp3) is 0.341. The van der Waals surface area contributed by atoms with E-state index in [0.717, 1.165) is 47.0 Å². The lowest BCUT2D eigenvalue weighted by Crippen LogP contribution is -2.48. The van der Waals surface area contributed by atoms with Crippen molar-refractivity contribution in [3.63, 3.8) is 0 Å². The number of carbonyl (C=O) groups is 3. The summed E-state index contributed by atoms with van der Waals surface area (Å²) in [5.74, 6) is 1.85. The van der Waals surface area contributed by atoms with E-state index < -0.39 is 12.1 Å². The molecule has 1 aliphatic heterocycles. The summed E-state index contributed by atoms with van der Waals surface area (Å²) in [6, 6.07) is 23.6. The van der Waals surface area contributed by atoms with E-state index in [-0.39, 0.29) is 18.6 Å². The van der Waals surface area contributed by atoms with Crippen LogP contribution in [0, 0.1) is 6.92 Å². The average Bonchev–Trinajstić information content (AvgIpc) is 3.59. The zero-order valence-electron chi connectivity index (χ0n) is 31.5. The third-order valence-corrected chi connectivity index (χ3v) is 9.24. The van der Waals surface area contributed by atoms with Crippen molar-refractivity contribution in [2.75, 3.05) is 56.0 Å². The highest BCUT2D eigenvalue weighted by Crippen LogP contribution is 2.35. The van der Waals surface area contributed by atoms with Gasteiger partial charge in [-0.1, -0.05) is 55.3 Å². The van der Waals surface area contributed by atoms with Gasteiger partial charge in [-0.05, 0) is 62.9 Å². The number of fused-ring (bicyclic) bond motifs is 1. The SMILES string of the molecule is CCCCc1cc(NC(=O)Nc2ccc(Oc3ccnc(NC(=O)NC4CCN(C(=O)COCCOC)CC4)c3)c3ccccc23)n(-c2ccc(C)cc2)n1. The third kappa shape index (κ3) is 10.6. The van der Waals surface area contributed by atoms with Gasteiger partial charge in [-0.15, -0.1) is 0 Å². The van der Waals surface area contributed by atoms with Gasteiger partial charge in [0.1, 0.15) is 29.7 Å². The number of aromatic nitrogens is 3. The van der Waals surface area contributed by atoms with Gasteiger partial charge in [-0.2, -0.15) is 5.10 Å². The molecular weight excluding hydrogens is 701 g/mol. The second kappa shape index (κ2) is 18.9. The van der Waals surface area contributed by atoms with Crippen LogP contribution >= 0.6 is 0 Å². The maximum absolute atomic E-state index is 13.4. The van der Waals surface area contributed by atoms with E-state index in [1.54, 1.807) is 47.2 Å². The normalized spacial score (nSPS) is 13.0. The molecule has 4 N–H and O–H groups in total. The standard InChI is InChI=1S/C41H48N8O6/c1-4-5-8-30-25-38(49(47-30)31-13-11-28(2)12-14-31)46-41(52)44-35-15-16-36(34-10-7-6-9-33(34)35)55-32-17-20-42-37(26-32)45-40(51)43-29-18-21-48(22-19-29)39(50)27-54-24-23-53-3/h6-7,9-17,20,25-26,29H,4-5,8,18-19,21-24,27H2,1-3H3,(H2,44,46,52)(H2,42,43,45,51). The number of likely N-dealkylation sites (tertiary alicyclic amines) is 1. The minimum absolute atomic E-state index is 0.0169. The third-order valence-electron chi connectivity index (χ3n) is 9.24. The molecule has 0 aliphatic carbocycles. The number of unbranched alkanes of at least 4 members (excludes halogenated alkanes) is 1. The molecule has 0 atom stereocenters. The van der Waals surface area contributed by atoms with Crippen LogP contribution in [0.4, 0.5) is 26.9 Å². The van der Waals surface area contributed by atoms with E-state index in [9.17, 15) is 14.4 Å². The van der Waals surface area contributed by atoms with Crippen LogP contribution in [-0.4, -0.2) is 83.7 Å². The van der Waals surface area contributed by atoms with Crippen molar-refractivity contribution in [1.29, 1.82) is 0 Å². The molecule has 14 nitrogen and oxygen atoms in total. The van der Waals surface area contributed by atoms with Crippen molar-refractivity contribution in [2.45, 2.75) is 52.0 Å². The fourth-order valence-corrected chi connectivity index (χ4v) is 6.30. The number of aryl methyl sites for hydroxylation is 2. The summed E-state index contributed by atoms with van der Waals surface area (Å²) in [6.45, 7) is 6.06. The molecule has 3 heterocycles. The highest BCUT2D eigenvalue weighted by molar-refractivity contribution is 6.07. The highest BCUT2D eigenvalue weighted by Gasteiger charge is 2.24. The predicted octanol–water partition coefficient (Wildman–Crippen LogP) is 7.28. The van der Waals surface area contributed by atoms with Crippen molar-refractivity contribution in [3.8, 4) is 17.2 Å². The van der Waals surface area contributed by atoms with Gasteiger partial charge >= 0.3 is 12.1 Å². The van der Waals surface area contributed by atoms with Gasteiger partial charge in [-0.3, -0.25) is 15.4 Å². The molecule has 0 radical (unpaired) electrons. The summed E-state index contributed by atoms with van der Waals surface area (Å²) >= 11 is 0. The molecule has 2 aromatic heterocycles. The number of urea groups is 2. The molecule has 0 bridgehead atoms. The average molecular weight is 749 g/mol. The summed E-state index contributed by atoms with van der Waals surface area (Å²) in [6.07, 6.45) is 5.68. The Balaban J connectivity index is 1.07. The van der Waals surface area contributed by atoms with E-state index in [4.69, 9.17) is 19.3 Å². The molecular formula is C41H48N8O6. The molecule has 1 aliphatic rings. The summed E-state index contributed by atoms with van der Waals surface area (Å²) < 4.78 is 18.3. The summed E-state index contributed by atoms with van der Waals surface area (Å²) in [5, 5.41) is 18.1. The van der Waals surface area contributed by atoms with Gasteiger partial charge in [-0.25, -0.2) is 19.3 Å². The molecule has 0 spiro atoms. The number of nitrogens with zero attached hydrogens (tertiary/aromatic N) is 4. The quantitative estimate of drug-likeness (QED) is 0.0813. The van der Waals surface area contributed by atoms with Gasteiger partial charge in [0.15, 0.2) is 0 Å². The van der Waals surface area contributed by atoms with Crippen LogP contribution in [0.3, 0.4) is 0 Å². The molecule has 14 heteroatoms. The Bertz CT molecular complexity index is 2080. The number of ether oxygens (including phenoxy) is 3. The monoisotopic (exact) mass is 748 g/mol. The molecule has 6 rings (SSSR count). The number of hydrogen-bond donors (Lipinski definition) is 4. The first-order valence-electron chi connectivity index (χ1n) is 18.6. The van der Waals surface area contributed by atoms with Crippen molar-refractivity contribution >= 4 is 46.1 Å². The Labute approximate surface area is 320 Å². The Morgan fingerprint density at radius 3 is 2.42 bits per heavy atom. The van der Waals surface area contributed by atoms with Crippen molar-refractivity contribution < 1.29 is 28.6 Å². The van der Waals surface area contributed by atoms with Crippen LogP contribution in [0.1, 0.15) is 43.9 Å². The van der Waals surface area contributed by atoms with Crippen LogP contribution < -0.4 is 26.0 Å². The number of anilines is 3. The van der Waals surface area contributed by atoms with Gasteiger partial charge in [0.05, 0.1) is 30.3 Å². The number of hydrogen-bond acceptors (Lipinski definition) is 8. The molecule has 288 valence electrons. The topological polar surface area (TPSA) is 161 Å². The van der Waals surface area contributed by atoms with Gasteiger partial charge in [0.25, 0.3) is 0 Å². The number of nitrogens with one attached hydrogen (secondary N) is 4. The van der Waals surface area contributed by atoms with Gasteiger partial charge in [0.2, 0.25) is 5.91 Å². The molecule has 55 heavy (non-hydrogen) atoms. The smallest absolute Gasteiger partial charge is 0.324 e. The van der Waals surface area contributed by atoms with E-state index in [2.05, 4.69) is 33.2 Å². The fourth-order valence-electron chi connectivity index (χ4n) is 6.30. The Morgan fingerprint density at radius 2 is 1.65 bits per heavy atom. The lowest BCUT2D eigenvalue weighted by molar-refractivity contribution is -0.137. The van der Waals surface area contributed by atoms with Crippen molar-refractivity contribution in [3.05, 3.63) is 96.3 Å². The zero-order chi connectivity index (χ0) is 38.6. The first-order valence-corrected chi connectivity index (χ1v) is 18.6. The lowest BCUT2D eigenvalue weighted by atomic mass is 10.1. The summed E-state index contributed by atoms with van der Waals surface area (Å²) in [7, 11) is 1.58. The number of piperidine rings is 1. The van der Waals surface area contributed by atoms with Crippen LogP contribution in [0.25, 0.3) is 16.5 Å². The number of amides is 5. The Hall–Kier alpha value is -5.99. The summed E-state index contributed by atoms with van der Waals surface area (Å²) in [5.41, 5.74) is 3.51. The maximum atomic E-state index is 13.4. The molecule has 0 saturated carbocycles. The van der Waals surface area contributed by atoms with Crippen molar-refractivity contribution in [1.82, 2.24) is 25.0 Å². The first-order chi connectivity index (χ1) is 26.8. The Kier molecular flexibility index (Phi) is 13.3. The number of pyridine rings is 1. The van der Waals surface area contributed by atoms with Gasteiger partial charge < -0.3 is 29.7 Å². The highest BCUT2D eigenvalue weighted by atomic mass is 16.5. The number of carbonyl (C=O) groups excluding carboxylic acids is 3. The molecule has 5 aromatic rings. The molecule has 3 aromatic carbocycles. The first kappa shape index (κ1) is 38.7.